The highest BCUT2D eigenvalue weighted by molar-refractivity contribution is 5.25. The first-order valence-electron chi connectivity index (χ1n) is 8.74. The third-order valence-corrected chi connectivity index (χ3v) is 4.85. The van der Waals surface area contributed by atoms with Crippen LogP contribution in [0.1, 0.15) is 58.4 Å². The average molecular weight is 288 g/mol. The predicted molar refractivity (Wildman–Crippen MR) is 91.6 cm³/mol. The first-order chi connectivity index (χ1) is 10.2. The fourth-order valence-electron chi connectivity index (χ4n) is 3.51. The Bertz CT molecular complexity index is 403. The predicted octanol–water partition coefficient (Wildman–Crippen LogP) is 4.17. The van der Waals surface area contributed by atoms with Crippen LogP contribution < -0.4 is 5.32 Å². The molecule has 2 heteroatoms. The van der Waals surface area contributed by atoms with Crippen molar-refractivity contribution < 1.29 is 0 Å². The van der Waals surface area contributed by atoms with E-state index in [1.165, 1.54) is 44.2 Å². The van der Waals surface area contributed by atoms with Gasteiger partial charge < -0.3 is 5.32 Å². The van der Waals surface area contributed by atoms with E-state index in [0.29, 0.717) is 6.04 Å². The van der Waals surface area contributed by atoms with Gasteiger partial charge >= 0.3 is 0 Å². The molecule has 2 nitrogen and oxygen atoms in total. The third-order valence-electron chi connectivity index (χ3n) is 4.85. The van der Waals surface area contributed by atoms with Gasteiger partial charge in [0.2, 0.25) is 0 Å². The van der Waals surface area contributed by atoms with Crippen LogP contribution in [0.2, 0.25) is 0 Å². The summed E-state index contributed by atoms with van der Waals surface area (Å²) in [5.41, 5.74) is 1.51. The van der Waals surface area contributed by atoms with Crippen molar-refractivity contribution in [2.45, 2.75) is 64.5 Å². The molecule has 1 aliphatic heterocycles. The smallest absolute Gasteiger partial charge is 0.0535 e. The fraction of sp³-hybridized carbons (Fsp3) is 0.684. The lowest BCUT2D eigenvalue weighted by Gasteiger charge is -2.47. The first kappa shape index (κ1) is 16.5. The van der Waals surface area contributed by atoms with Crippen LogP contribution in [0.4, 0.5) is 0 Å². The van der Waals surface area contributed by atoms with Crippen molar-refractivity contribution in [3.05, 3.63) is 35.9 Å². The van der Waals surface area contributed by atoms with Crippen molar-refractivity contribution in [1.82, 2.24) is 10.2 Å². The highest BCUT2D eigenvalue weighted by Crippen LogP contribution is 2.27. The van der Waals surface area contributed by atoms with Crippen molar-refractivity contribution in [3.63, 3.8) is 0 Å². The summed E-state index contributed by atoms with van der Waals surface area (Å²) in [7, 11) is 0. The number of hydrogen-bond acceptors (Lipinski definition) is 2. The minimum absolute atomic E-state index is 0.0950. The van der Waals surface area contributed by atoms with Crippen LogP contribution in [0.15, 0.2) is 30.3 Å². The zero-order valence-electron chi connectivity index (χ0n) is 14.1. The topological polar surface area (TPSA) is 15.3 Å². The largest absolute Gasteiger partial charge is 0.305 e. The normalized spacial score (nSPS) is 26.9. The molecular weight excluding hydrogens is 256 g/mol. The summed E-state index contributed by atoms with van der Waals surface area (Å²) in [6.45, 7) is 10.4. The molecule has 1 N–H and O–H groups in total. The van der Waals surface area contributed by atoms with Crippen molar-refractivity contribution >= 4 is 0 Å². The Morgan fingerprint density at radius 3 is 2.57 bits per heavy atom. The fourth-order valence-corrected chi connectivity index (χ4v) is 3.51. The molecule has 0 radical (unpaired) electrons. The van der Waals surface area contributed by atoms with E-state index < -0.39 is 0 Å². The van der Waals surface area contributed by atoms with E-state index in [9.17, 15) is 0 Å². The number of benzene rings is 1. The standard InChI is InChI=1S/C19H32N2/c1-4-6-10-14-21-16-19(3,17-12-8-7-9-13-17)20-15-18(21)11-5-2/h7-9,12-13,18,20H,4-6,10-11,14-16H2,1-3H3. The molecule has 21 heavy (non-hydrogen) atoms. The Morgan fingerprint density at radius 2 is 1.90 bits per heavy atom. The van der Waals surface area contributed by atoms with Gasteiger partial charge in [-0.2, -0.15) is 0 Å². The van der Waals surface area contributed by atoms with Crippen LogP contribution >= 0.6 is 0 Å². The SMILES string of the molecule is CCCCCN1CC(C)(c2ccccc2)NCC1CCC. The first-order valence-corrected chi connectivity index (χ1v) is 8.74. The van der Waals surface area contributed by atoms with Gasteiger partial charge in [0.25, 0.3) is 0 Å². The lowest BCUT2D eigenvalue weighted by molar-refractivity contribution is 0.0785. The number of hydrogen-bond donors (Lipinski definition) is 1. The minimum Gasteiger partial charge on any atom is -0.305 e. The second kappa shape index (κ2) is 7.95. The van der Waals surface area contributed by atoms with Crippen LogP contribution in [0.3, 0.4) is 0 Å². The van der Waals surface area contributed by atoms with E-state index in [0.717, 1.165) is 13.1 Å². The van der Waals surface area contributed by atoms with E-state index >= 15 is 0 Å². The molecule has 1 saturated heterocycles. The number of nitrogens with one attached hydrogen (secondary N) is 1. The molecule has 0 aliphatic carbocycles. The Morgan fingerprint density at radius 1 is 1.14 bits per heavy atom. The summed E-state index contributed by atoms with van der Waals surface area (Å²) < 4.78 is 0. The zero-order valence-corrected chi connectivity index (χ0v) is 14.1. The van der Waals surface area contributed by atoms with Gasteiger partial charge in [-0.1, -0.05) is 63.4 Å². The quantitative estimate of drug-likeness (QED) is 0.758. The highest BCUT2D eigenvalue weighted by Gasteiger charge is 2.36. The van der Waals surface area contributed by atoms with Crippen molar-refractivity contribution in [3.8, 4) is 0 Å². The Hall–Kier alpha value is -0.860. The Kier molecular flexibility index (Phi) is 6.25. The summed E-state index contributed by atoms with van der Waals surface area (Å²) in [6, 6.07) is 11.6. The lowest BCUT2D eigenvalue weighted by Crippen LogP contribution is -2.61. The molecule has 0 bridgehead atoms. The Balaban J connectivity index is 2.06. The molecule has 0 aromatic heterocycles. The maximum absolute atomic E-state index is 3.83. The summed E-state index contributed by atoms with van der Waals surface area (Å²) in [5, 5.41) is 3.83. The number of rotatable bonds is 7. The molecule has 1 aromatic rings. The van der Waals surface area contributed by atoms with Crippen LogP contribution in [0.25, 0.3) is 0 Å². The second-order valence-corrected chi connectivity index (χ2v) is 6.70. The van der Waals surface area contributed by atoms with Gasteiger partial charge in [-0.15, -0.1) is 0 Å². The van der Waals surface area contributed by atoms with E-state index in [4.69, 9.17) is 0 Å². The van der Waals surface area contributed by atoms with Gasteiger partial charge in [-0.3, -0.25) is 4.90 Å². The maximum atomic E-state index is 3.83. The summed E-state index contributed by atoms with van der Waals surface area (Å²) in [4.78, 5) is 2.74. The van der Waals surface area contributed by atoms with E-state index in [-0.39, 0.29) is 5.54 Å². The maximum Gasteiger partial charge on any atom is 0.0535 e. The molecule has 1 fully saturated rings. The van der Waals surface area contributed by atoms with E-state index in [1.54, 1.807) is 0 Å². The average Bonchev–Trinajstić information content (AvgIpc) is 2.51. The van der Waals surface area contributed by atoms with Crippen molar-refractivity contribution in [2.24, 2.45) is 0 Å². The van der Waals surface area contributed by atoms with Crippen molar-refractivity contribution in [1.29, 1.82) is 0 Å². The van der Waals surface area contributed by atoms with Crippen LogP contribution in [0, 0.1) is 0 Å². The second-order valence-electron chi connectivity index (χ2n) is 6.70. The van der Waals surface area contributed by atoms with Crippen LogP contribution in [-0.4, -0.2) is 30.6 Å². The molecule has 1 aliphatic rings. The molecule has 0 saturated carbocycles. The monoisotopic (exact) mass is 288 g/mol. The molecule has 0 amide bonds. The number of nitrogens with zero attached hydrogens (tertiary/aromatic N) is 1. The summed E-state index contributed by atoms with van der Waals surface area (Å²) >= 11 is 0. The van der Waals surface area contributed by atoms with Gasteiger partial charge in [0.1, 0.15) is 0 Å². The highest BCUT2D eigenvalue weighted by atomic mass is 15.2. The molecular formula is C19H32N2. The van der Waals surface area contributed by atoms with Gasteiger partial charge in [0.15, 0.2) is 0 Å². The van der Waals surface area contributed by atoms with Gasteiger partial charge in [0.05, 0.1) is 5.54 Å². The zero-order chi connectivity index (χ0) is 15.1. The minimum atomic E-state index is 0.0950. The molecule has 0 spiro atoms. The Labute approximate surface area is 130 Å². The third kappa shape index (κ3) is 4.31. The van der Waals surface area contributed by atoms with Crippen LogP contribution in [0.5, 0.6) is 0 Å². The number of piperazine rings is 1. The van der Waals surface area contributed by atoms with Gasteiger partial charge in [-0.25, -0.2) is 0 Å². The lowest BCUT2D eigenvalue weighted by atomic mass is 9.87. The van der Waals surface area contributed by atoms with Gasteiger partial charge in [-0.05, 0) is 31.9 Å². The van der Waals surface area contributed by atoms with E-state index in [2.05, 4.69) is 61.3 Å². The van der Waals surface area contributed by atoms with E-state index in [1.807, 2.05) is 0 Å². The molecule has 118 valence electrons. The molecule has 1 heterocycles. The summed E-state index contributed by atoms with van der Waals surface area (Å²) in [6.07, 6.45) is 6.58. The summed E-state index contributed by atoms with van der Waals surface area (Å²) in [5.74, 6) is 0. The molecule has 2 unspecified atom stereocenters. The molecule has 2 rings (SSSR count). The van der Waals surface area contributed by atoms with Crippen LogP contribution in [-0.2, 0) is 5.54 Å². The van der Waals surface area contributed by atoms with Gasteiger partial charge in [0, 0.05) is 19.1 Å². The molecule has 1 aromatic carbocycles. The van der Waals surface area contributed by atoms with Crippen molar-refractivity contribution in [2.75, 3.05) is 19.6 Å². The number of unbranched alkanes of at least 4 members (excludes halogenated alkanes) is 2. The molecule has 2 atom stereocenters.